The lowest BCUT2D eigenvalue weighted by molar-refractivity contribution is 0.162. The number of phenolic OH excluding ortho intramolecular Hbond substituents is 1. The average molecular weight is 313 g/mol. The Labute approximate surface area is 126 Å². The molecule has 1 aromatic rings. The Bertz CT molecular complexity index is 533. The van der Waals surface area contributed by atoms with E-state index in [9.17, 15) is 13.5 Å². The van der Waals surface area contributed by atoms with Crippen molar-refractivity contribution in [3.63, 3.8) is 0 Å². The monoisotopic (exact) mass is 313 g/mol. The normalized spacial score (nSPS) is 18.0. The summed E-state index contributed by atoms with van der Waals surface area (Å²) in [4.78, 5) is 0. The molecule has 1 fully saturated rings. The molecule has 1 N–H and O–H groups in total. The molecule has 1 aliphatic heterocycles. The lowest BCUT2D eigenvalue weighted by atomic mass is 9.90. The summed E-state index contributed by atoms with van der Waals surface area (Å²) in [5, 5.41) is 9.31. The molecule has 1 aromatic carbocycles. The smallest absolute Gasteiger partial charge is 0.216 e. The van der Waals surface area contributed by atoms with Gasteiger partial charge < -0.3 is 9.84 Å². The summed E-state index contributed by atoms with van der Waals surface area (Å²) in [5.41, 5.74) is 1.17. The summed E-state index contributed by atoms with van der Waals surface area (Å²) in [7, 11) is -3.20. The van der Waals surface area contributed by atoms with E-state index in [-0.39, 0.29) is 18.1 Å². The quantitative estimate of drug-likeness (QED) is 0.815. The molecule has 0 aliphatic carbocycles. The van der Waals surface area contributed by atoms with Gasteiger partial charge in [0.25, 0.3) is 0 Å². The molecule has 5 nitrogen and oxygen atoms in total. The second kappa shape index (κ2) is 7.24. The van der Waals surface area contributed by atoms with E-state index in [1.807, 2.05) is 19.1 Å². The van der Waals surface area contributed by atoms with Crippen molar-refractivity contribution in [2.45, 2.75) is 25.7 Å². The van der Waals surface area contributed by atoms with Gasteiger partial charge in [0, 0.05) is 19.7 Å². The number of phenols is 1. The standard InChI is InChI=1S/C15H23NO4S/c1-2-20-11-12-21(18,19)16-9-7-14(8-10-16)13-3-5-15(17)6-4-13/h3-6,14,17H,2,7-12H2,1H3. The fourth-order valence-electron chi connectivity index (χ4n) is 2.65. The number of hydrogen-bond acceptors (Lipinski definition) is 4. The van der Waals surface area contributed by atoms with Crippen LogP contribution in [0.2, 0.25) is 0 Å². The lowest BCUT2D eigenvalue weighted by Gasteiger charge is -2.31. The van der Waals surface area contributed by atoms with Gasteiger partial charge in [0.05, 0.1) is 12.4 Å². The van der Waals surface area contributed by atoms with E-state index in [2.05, 4.69) is 0 Å². The van der Waals surface area contributed by atoms with Gasteiger partial charge in [-0.05, 0) is 43.4 Å². The molecule has 118 valence electrons. The SMILES string of the molecule is CCOCCS(=O)(=O)N1CCC(c2ccc(O)cc2)CC1. The topological polar surface area (TPSA) is 66.8 Å². The first-order valence-electron chi connectivity index (χ1n) is 7.37. The maximum Gasteiger partial charge on any atom is 0.216 e. The molecule has 0 amide bonds. The van der Waals surface area contributed by atoms with Crippen molar-refractivity contribution in [2.75, 3.05) is 32.1 Å². The van der Waals surface area contributed by atoms with Crippen LogP contribution in [0, 0.1) is 0 Å². The number of ether oxygens (including phenoxy) is 1. The maximum atomic E-state index is 12.2. The van der Waals surface area contributed by atoms with Crippen LogP contribution >= 0.6 is 0 Å². The molecule has 0 radical (unpaired) electrons. The fraction of sp³-hybridized carbons (Fsp3) is 0.600. The van der Waals surface area contributed by atoms with Crippen molar-refractivity contribution in [3.05, 3.63) is 29.8 Å². The van der Waals surface area contributed by atoms with Crippen molar-refractivity contribution in [3.8, 4) is 5.75 Å². The van der Waals surface area contributed by atoms with Crippen molar-refractivity contribution >= 4 is 10.0 Å². The summed E-state index contributed by atoms with van der Waals surface area (Å²) in [5.74, 6) is 0.684. The molecule has 0 bridgehead atoms. The molecule has 1 aliphatic rings. The van der Waals surface area contributed by atoms with Gasteiger partial charge in [-0.1, -0.05) is 12.1 Å². The molecule has 0 aromatic heterocycles. The molecule has 1 saturated heterocycles. The molecular weight excluding hydrogens is 290 g/mol. The number of rotatable bonds is 6. The van der Waals surface area contributed by atoms with Crippen LogP contribution < -0.4 is 0 Å². The Morgan fingerprint density at radius 1 is 1.24 bits per heavy atom. The summed E-state index contributed by atoms with van der Waals surface area (Å²) >= 11 is 0. The van der Waals surface area contributed by atoms with E-state index < -0.39 is 10.0 Å². The van der Waals surface area contributed by atoms with Gasteiger partial charge in [-0.15, -0.1) is 0 Å². The van der Waals surface area contributed by atoms with Crippen LogP contribution in [0.4, 0.5) is 0 Å². The first kappa shape index (κ1) is 16.3. The highest BCUT2D eigenvalue weighted by atomic mass is 32.2. The molecule has 0 atom stereocenters. The van der Waals surface area contributed by atoms with Crippen LogP contribution in [-0.2, 0) is 14.8 Å². The zero-order chi connectivity index (χ0) is 15.3. The van der Waals surface area contributed by atoms with E-state index >= 15 is 0 Å². The Morgan fingerprint density at radius 3 is 2.43 bits per heavy atom. The fourth-order valence-corrected chi connectivity index (χ4v) is 4.01. The van der Waals surface area contributed by atoms with E-state index in [1.165, 1.54) is 5.56 Å². The highest BCUT2D eigenvalue weighted by Crippen LogP contribution is 2.30. The molecule has 6 heteroatoms. The van der Waals surface area contributed by atoms with E-state index in [0.29, 0.717) is 25.6 Å². The van der Waals surface area contributed by atoms with Crippen molar-refractivity contribution < 1.29 is 18.3 Å². The van der Waals surface area contributed by atoms with E-state index in [0.717, 1.165) is 12.8 Å². The number of piperidine rings is 1. The highest BCUT2D eigenvalue weighted by molar-refractivity contribution is 7.89. The molecule has 21 heavy (non-hydrogen) atoms. The predicted molar refractivity (Wildman–Crippen MR) is 81.9 cm³/mol. The van der Waals surface area contributed by atoms with Crippen LogP contribution in [0.5, 0.6) is 5.75 Å². The third-order valence-electron chi connectivity index (χ3n) is 3.90. The van der Waals surface area contributed by atoms with Crippen molar-refractivity contribution in [1.29, 1.82) is 0 Å². The largest absolute Gasteiger partial charge is 0.508 e. The Hall–Kier alpha value is -1.11. The first-order valence-corrected chi connectivity index (χ1v) is 8.98. The zero-order valence-corrected chi connectivity index (χ0v) is 13.2. The predicted octanol–water partition coefficient (Wildman–Crippen LogP) is 1.94. The maximum absolute atomic E-state index is 12.2. The zero-order valence-electron chi connectivity index (χ0n) is 12.4. The average Bonchev–Trinajstić information content (AvgIpc) is 2.48. The van der Waals surface area contributed by atoms with Crippen LogP contribution in [0.3, 0.4) is 0 Å². The Kier molecular flexibility index (Phi) is 5.61. The Morgan fingerprint density at radius 2 is 1.86 bits per heavy atom. The number of benzene rings is 1. The van der Waals surface area contributed by atoms with Gasteiger partial charge in [0.1, 0.15) is 5.75 Å². The summed E-state index contributed by atoms with van der Waals surface area (Å²) in [6.45, 7) is 3.77. The third-order valence-corrected chi connectivity index (χ3v) is 5.74. The highest BCUT2D eigenvalue weighted by Gasteiger charge is 2.28. The van der Waals surface area contributed by atoms with E-state index in [1.54, 1.807) is 16.4 Å². The van der Waals surface area contributed by atoms with E-state index in [4.69, 9.17) is 4.74 Å². The van der Waals surface area contributed by atoms with Gasteiger partial charge in [0.15, 0.2) is 0 Å². The van der Waals surface area contributed by atoms with Gasteiger partial charge in [-0.2, -0.15) is 0 Å². The number of aromatic hydroxyl groups is 1. The summed E-state index contributed by atoms with van der Waals surface area (Å²) < 4.78 is 31.0. The molecule has 1 heterocycles. The molecule has 0 spiro atoms. The summed E-state index contributed by atoms with van der Waals surface area (Å²) in [6.07, 6.45) is 1.64. The van der Waals surface area contributed by atoms with Crippen molar-refractivity contribution in [1.82, 2.24) is 4.31 Å². The number of hydrogen-bond donors (Lipinski definition) is 1. The Balaban J connectivity index is 1.89. The van der Waals surface area contributed by atoms with Crippen molar-refractivity contribution in [2.24, 2.45) is 0 Å². The minimum Gasteiger partial charge on any atom is -0.508 e. The lowest BCUT2D eigenvalue weighted by Crippen LogP contribution is -2.40. The first-order chi connectivity index (χ1) is 10.0. The van der Waals surface area contributed by atoms with Crippen LogP contribution in [0.15, 0.2) is 24.3 Å². The van der Waals surface area contributed by atoms with Gasteiger partial charge in [-0.25, -0.2) is 12.7 Å². The molecule has 0 saturated carbocycles. The minimum absolute atomic E-state index is 0.0602. The van der Waals surface area contributed by atoms with Gasteiger partial charge >= 0.3 is 0 Å². The molecule has 0 unspecified atom stereocenters. The minimum atomic E-state index is -3.20. The van der Waals surface area contributed by atoms with Crippen LogP contribution in [0.1, 0.15) is 31.2 Å². The summed E-state index contributed by atoms with van der Waals surface area (Å²) in [6, 6.07) is 7.19. The van der Waals surface area contributed by atoms with Gasteiger partial charge in [-0.3, -0.25) is 0 Å². The molecular formula is C15H23NO4S. The number of sulfonamides is 1. The molecule has 2 rings (SSSR count). The van der Waals surface area contributed by atoms with Crippen LogP contribution in [0.25, 0.3) is 0 Å². The third kappa shape index (κ3) is 4.43. The number of nitrogens with zero attached hydrogens (tertiary/aromatic N) is 1. The second-order valence-electron chi connectivity index (χ2n) is 5.28. The van der Waals surface area contributed by atoms with Crippen LogP contribution in [-0.4, -0.2) is 49.9 Å². The van der Waals surface area contributed by atoms with Gasteiger partial charge in [0.2, 0.25) is 10.0 Å². The second-order valence-corrected chi connectivity index (χ2v) is 7.37.